The van der Waals surface area contributed by atoms with E-state index in [0.717, 1.165) is 17.1 Å². The van der Waals surface area contributed by atoms with E-state index in [2.05, 4.69) is 35.6 Å². The highest BCUT2D eigenvalue weighted by Crippen LogP contribution is 2.32. The highest BCUT2D eigenvalue weighted by Gasteiger charge is 2.32. The molecule has 3 heterocycles. The molecule has 0 saturated carbocycles. The number of rotatable bonds is 4. The summed E-state index contributed by atoms with van der Waals surface area (Å²) in [6.45, 7) is 8.72. The SMILES string of the molecule is C=C[C@@H]1OCC[C@H]1c1nc(-c2csc(C(C)C)n2)no1. The van der Waals surface area contributed by atoms with E-state index in [-0.39, 0.29) is 12.0 Å². The molecule has 6 heteroatoms. The van der Waals surface area contributed by atoms with Gasteiger partial charge in [-0.05, 0) is 6.42 Å². The van der Waals surface area contributed by atoms with Gasteiger partial charge in [0.1, 0.15) is 5.69 Å². The van der Waals surface area contributed by atoms with Gasteiger partial charge >= 0.3 is 0 Å². The predicted molar refractivity (Wildman–Crippen MR) is 76.8 cm³/mol. The van der Waals surface area contributed by atoms with Crippen LogP contribution >= 0.6 is 11.3 Å². The van der Waals surface area contributed by atoms with Crippen LogP contribution in [-0.2, 0) is 4.74 Å². The Balaban J connectivity index is 1.84. The molecule has 2 atom stereocenters. The summed E-state index contributed by atoms with van der Waals surface area (Å²) in [5.41, 5.74) is 0.780. The van der Waals surface area contributed by atoms with E-state index in [0.29, 0.717) is 24.2 Å². The Morgan fingerprint density at radius 1 is 1.45 bits per heavy atom. The number of hydrogen-bond donors (Lipinski definition) is 0. The Morgan fingerprint density at radius 2 is 2.30 bits per heavy atom. The largest absolute Gasteiger partial charge is 0.373 e. The monoisotopic (exact) mass is 291 g/mol. The van der Waals surface area contributed by atoms with Crippen molar-refractivity contribution < 1.29 is 9.26 Å². The molecule has 2 aromatic rings. The van der Waals surface area contributed by atoms with Gasteiger partial charge in [-0.15, -0.1) is 17.9 Å². The van der Waals surface area contributed by atoms with Crippen LogP contribution in [0.1, 0.15) is 43.0 Å². The van der Waals surface area contributed by atoms with E-state index in [1.165, 1.54) is 0 Å². The molecular formula is C14H17N3O2S. The molecule has 1 aliphatic heterocycles. The Hall–Kier alpha value is -1.53. The molecule has 0 unspecified atom stereocenters. The van der Waals surface area contributed by atoms with E-state index >= 15 is 0 Å². The van der Waals surface area contributed by atoms with Crippen molar-refractivity contribution in [1.29, 1.82) is 0 Å². The fourth-order valence-electron chi connectivity index (χ4n) is 2.25. The van der Waals surface area contributed by atoms with Crippen LogP contribution in [0.5, 0.6) is 0 Å². The van der Waals surface area contributed by atoms with Gasteiger partial charge in [0, 0.05) is 17.9 Å². The minimum Gasteiger partial charge on any atom is -0.373 e. The van der Waals surface area contributed by atoms with Gasteiger partial charge in [-0.1, -0.05) is 25.1 Å². The molecule has 0 aromatic carbocycles. The van der Waals surface area contributed by atoms with Crippen LogP contribution in [0.25, 0.3) is 11.5 Å². The van der Waals surface area contributed by atoms with E-state index in [1.807, 2.05) is 5.38 Å². The second-order valence-corrected chi connectivity index (χ2v) is 6.04. The average Bonchev–Trinajstić information content (AvgIpc) is 3.17. The van der Waals surface area contributed by atoms with Crippen molar-refractivity contribution in [2.24, 2.45) is 0 Å². The highest BCUT2D eigenvalue weighted by molar-refractivity contribution is 7.10. The van der Waals surface area contributed by atoms with Crippen molar-refractivity contribution in [2.75, 3.05) is 6.61 Å². The molecule has 0 amide bonds. The zero-order valence-electron chi connectivity index (χ0n) is 11.6. The Kier molecular flexibility index (Phi) is 3.67. The molecule has 106 valence electrons. The van der Waals surface area contributed by atoms with Crippen LogP contribution in [0.2, 0.25) is 0 Å². The first-order valence-corrected chi connectivity index (χ1v) is 7.60. The lowest BCUT2D eigenvalue weighted by Crippen LogP contribution is -2.10. The van der Waals surface area contributed by atoms with Crippen molar-refractivity contribution >= 4 is 11.3 Å². The zero-order valence-corrected chi connectivity index (χ0v) is 12.4. The molecule has 0 spiro atoms. The van der Waals surface area contributed by atoms with E-state index in [9.17, 15) is 0 Å². The van der Waals surface area contributed by atoms with Crippen LogP contribution in [0.4, 0.5) is 0 Å². The lowest BCUT2D eigenvalue weighted by molar-refractivity contribution is 0.134. The highest BCUT2D eigenvalue weighted by atomic mass is 32.1. The predicted octanol–water partition coefficient (Wildman–Crippen LogP) is 3.38. The van der Waals surface area contributed by atoms with Crippen molar-refractivity contribution in [3.8, 4) is 11.5 Å². The first-order chi connectivity index (χ1) is 9.69. The molecule has 2 aromatic heterocycles. The fraction of sp³-hybridized carbons (Fsp3) is 0.500. The van der Waals surface area contributed by atoms with Crippen molar-refractivity contribution in [3.05, 3.63) is 28.9 Å². The maximum atomic E-state index is 5.56. The summed E-state index contributed by atoms with van der Waals surface area (Å²) in [5, 5.41) is 7.10. The number of hydrogen-bond acceptors (Lipinski definition) is 6. The standard InChI is InChI=1S/C14H17N3O2S/c1-4-11-9(5-6-18-11)13-16-12(17-19-13)10-7-20-14(15-10)8(2)3/h4,7-9,11H,1,5-6H2,2-3H3/t9-,11+/m1/s1. The second-order valence-electron chi connectivity index (χ2n) is 5.15. The van der Waals surface area contributed by atoms with Crippen molar-refractivity contribution in [1.82, 2.24) is 15.1 Å². The van der Waals surface area contributed by atoms with Crippen LogP contribution < -0.4 is 0 Å². The van der Waals surface area contributed by atoms with E-state index < -0.39 is 0 Å². The van der Waals surface area contributed by atoms with Gasteiger partial charge in [-0.2, -0.15) is 4.98 Å². The summed E-state index contributed by atoms with van der Waals surface area (Å²) in [5.74, 6) is 1.69. The van der Waals surface area contributed by atoms with Crippen LogP contribution in [0, 0.1) is 0 Å². The van der Waals surface area contributed by atoms with Crippen LogP contribution in [0.15, 0.2) is 22.6 Å². The second kappa shape index (κ2) is 5.46. The third kappa shape index (κ3) is 2.41. The average molecular weight is 291 g/mol. The summed E-state index contributed by atoms with van der Waals surface area (Å²) >= 11 is 1.63. The smallest absolute Gasteiger partial charge is 0.233 e. The molecule has 20 heavy (non-hydrogen) atoms. The molecule has 5 nitrogen and oxygen atoms in total. The maximum absolute atomic E-state index is 5.56. The first-order valence-electron chi connectivity index (χ1n) is 6.72. The van der Waals surface area contributed by atoms with E-state index in [1.54, 1.807) is 17.4 Å². The molecule has 0 aliphatic carbocycles. The van der Waals surface area contributed by atoms with Gasteiger partial charge in [0.15, 0.2) is 0 Å². The van der Waals surface area contributed by atoms with Crippen LogP contribution in [-0.4, -0.2) is 27.8 Å². The Bertz CT molecular complexity index is 605. The summed E-state index contributed by atoms with van der Waals surface area (Å²) in [6.07, 6.45) is 2.64. The topological polar surface area (TPSA) is 61.0 Å². The molecule has 1 fully saturated rings. The van der Waals surface area contributed by atoms with E-state index in [4.69, 9.17) is 9.26 Å². The number of ether oxygens (including phenoxy) is 1. The molecular weight excluding hydrogens is 274 g/mol. The molecule has 0 bridgehead atoms. The Morgan fingerprint density at radius 3 is 3.00 bits per heavy atom. The summed E-state index contributed by atoms with van der Waals surface area (Å²) < 4.78 is 10.9. The third-order valence-corrected chi connectivity index (χ3v) is 4.52. The van der Waals surface area contributed by atoms with Gasteiger partial charge in [-0.3, -0.25) is 0 Å². The Labute approximate surface area is 121 Å². The number of thiazole rings is 1. The van der Waals surface area contributed by atoms with Gasteiger partial charge in [0.25, 0.3) is 0 Å². The third-order valence-electron chi connectivity index (χ3n) is 3.37. The molecule has 1 aliphatic rings. The minimum absolute atomic E-state index is 0.0371. The van der Waals surface area contributed by atoms with Gasteiger partial charge < -0.3 is 9.26 Å². The lowest BCUT2D eigenvalue weighted by Gasteiger charge is -2.08. The molecule has 1 saturated heterocycles. The lowest BCUT2D eigenvalue weighted by atomic mass is 10.0. The van der Waals surface area contributed by atoms with Gasteiger partial charge in [0.05, 0.1) is 17.0 Å². The van der Waals surface area contributed by atoms with Gasteiger partial charge in [0.2, 0.25) is 11.7 Å². The van der Waals surface area contributed by atoms with Crippen molar-refractivity contribution in [2.45, 2.75) is 38.2 Å². The molecule has 0 N–H and O–H groups in total. The fourth-order valence-corrected chi connectivity index (χ4v) is 3.07. The normalized spacial score (nSPS) is 22.6. The van der Waals surface area contributed by atoms with Gasteiger partial charge in [-0.25, -0.2) is 4.98 Å². The quantitative estimate of drug-likeness (QED) is 0.808. The minimum atomic E-state index is -0.0371. The summed E-state index contributed by atoms with van der Waals surface area (Å²) in [7, 11) is 0. The first kappa shape index (κ1) is 13.5. The maximum Gasteiger partial charge on any atom is 0.233 e. The summed E-state index contributed by atoms with van der Waals surface area (Å²) in [4.78, 5) is 9.01. The van der Waals surface area contributed by atoms with Crippen molar-refractivity contribution in [3.63, 3.8) is 0 Å². The zero-order chi connectivity index (χ0) is 14.1. The molecule has 0 radical (unpaired) electrons. The number of nitrogens with zero attached hydrogens (tertiary/aromatic N) is 3. The van der Waals surface area contributed by atoms with Crippen LogP contribution in [0.3, 0.4) is 0 Å². The summed E-state index contributed by atoms with van der Waals surface area (Å²) in [6, 6.07) is 0. The number of aromatic nitrogens is 3. The molecule has 3 rings (SSSR count).